The molecule has 1 aromatic carbocycles. The number of nitrogens with two attached hydrogens (primary N) is 1. The minimum Gasteiger partial charge on any atom is -0.383 e. The van der Waals surface area contributed by atoms with Gasteiger partial charge in [-0.2, -0.15) is 9.61 Å². The third-order valence-electron chi connectivity index (χ3n) is 4.82. The Morgan fingerprint density at radius 2 is 1.93 bits per heavy atom. The second kappa shape index (κ2) is 6.47. The summed E-state index contributed by atoms with van der Waals surface area (Å²) in [6, 6.07) is 10.1. The number of hydrogen-bond donors (Lipinski definition) is 1. The normalized spacial score (nSPS) is 14.9. The van der Waals surface area contributed by atoms with E-state index in [-0.39, 0.29) is 0 Å². The minimum absolute atomic E-state index is 0.529. The smallest absolute Gasteiger partial charge is 0.167 e. The molecule has 0 aliphatic carbocycles. The first kappa shape index (κ1) is 16.5. The zero-order valence-electron chi connectivity index (χ0n) is 14.5. The fourth-order valence-corrected chi connectivity index (χ4v) is 3.90. The van der Waals surface area contributed by atoms with Gasteiger partial charge < -0.3 is 15.4 Å². The summed E-state index contributed by atoms with van der Waals surface area (Å²) in [5.74, 6) is 1.35. The highest BCUT2D eigenvalue weighted by molar-refractivity contribution is 9.10. The predicted molar refractivity (Wildman–Crippen MR) is 109 cm³/mol. The van der Waals surface area contributed by atoms with E-state index in [1.54, 1.807) is 10.7 Å². The van der Waals surface area contributed by atoms with Gasteiger partial charge in [0.15, 0.2) is 5.65 Å². The number of benzene rings is 1. The van der Waals surface area contributed by atoms with Gasteiger partial charge in [0.25, 0.3) is 0 Å². The quantitative estimate of drug-likeness (QED) is 0.532. The monoisotopic (exact) mass is 424 g/mol. The summed E-state index contributed by atoms with van der Waals surface area (Å²) in [6.45, 7) is 2.92. The summed E-state index contributed by atoms with van der Waals surface area (Å²) in [5.41, 5.74) is 9.89. The number of hydrogen-bond acceptors (Lipinski definition) is 6. The van der Waals surface area contributed by atoms with Crippen molar-refractivity contribution in [3.8, 4) is 11.1 Å². The third kappa shape index (κ3) is 2.72. The van der Waals surface area contributed by atoms with Crippen molar-refractivity contribution in [3.05, 3.63) is 47.2 Å². The molecule has 1 fully saturated rings. The van der Waals surface area contributed by atoms with Crippen molar-refractivity contribution in [1.29, 1.82) is 0 Å². The van der Waals surface area contributed by atoms with E-state index in [9.17, 15) is 0 Å². The number of para-hydroxylation sites is 1. The van der Waals surface area contributed by atoms with Crippen LogP contribution in [-0.2, 0) is 4.74 Å². The van der Waals surface area contributed by atoms with E-state index < -0.39 is 0 Å². The molecule has 4 aromatic rings. The lowest BCUT2D eigenvalue weighted by atomic mass is 10.1. The van der Waals surface area contributed by atoms with E-state index in [2.05, 4.69) is 43.0 Å². The van der Waals surface area contributed by atoms with Gasteiger partial charge in [0.2, 0.25) is 0 Å². The maximum atomic E-state index is 6.35. The highest BCUT2D eigenvalue weighted by Gasteiger charge is 2.21. The minimum atomic E-state index is 0.529. The number of rotatable bonds is 2. The number of anilines is 2. The summed E-state index contributed by atoms with van der Waals surface area (Å²) in [7, 11) is 0. The SMILES string of the molecule is Nc1c(Br)c(N2CCOCC2)nc2c(-c3cnc4ccccc4c3)cnn12. The molecule has 136 valence electrons. The third-order valence-corrected chi connectivity index (χ3v) is 5.58. The number of pyridine rings is 1. The molecule has 8 heteroatoms. The maximum absolute atomic E-state index is 6.35. The van der Waals surface area contributed by atoms with E-state index in [1.807, 2.05) is 24.4 Å². The molecule has 3 aromatic heterocycles. The molecule has 0 bridgehead atoms. The van der Waals surface area contributed by atoms with Gasteiger partial charge >= 0.3 is 0 Å². The van der Waals surface area contributed by atoms with Crippen LogP contribution in [0.25, 0.3) is 27.7 Å². The summed E-state index contributed by atoms with van der Waals surface area (Å²) in [4.78, 5) is 11.6. The number of morpholine rings is 1. The van der Waals surface area contributed by atoms with Crippen LogP contribution in [0.3, 0.4) is 0 Å². The van der Waals surface area contributed by atoms with Gasteiger partial charge in [-0.1, -0.05) is 18.2 Å². The molecule has 0 saturated carbocycles. The molecular weight excluding hydrogens is 408 g/mol. The fraction of sp³-hybridized carbons (Fsp3) is 0.211. The van der Waals surface area contributed by atoms with Gasteiger partial charge in [-0.25, -0.2) is 4.98 Å². The molecule has 1 aliphatic heterocycles. The Morgan fingerprint density at radius 3 is 2.78 bits per heavy atom. The second-order valence-corrected chi connectivity index (χ2v) is 7.24. The average Bonchev–Trinajstić information content (AvgIpc) is 3.15. The number of fused-ring (bicyclic) bond motifs is 2. The molecular formula is C19H17BrN6O. The molecule has 5 rings (SSSR count). The van der Waals surface area contributed by atoms with Crippen LogP contribution < -0.4 is 10.6 Å². The van der Waals surface area contributed by atoms with Gasteiger partial charge in [-0.3, -0.25) is 4.98 Å². The van der Waals surface area contributed by atoms with Crippen LogP contribution in [0.2, 0.25) is 0 Å². The lowest BCUT2D eigenvalue weighted by Gasteiger charge is -2.29. The van der Waals surface area contributed by atoms with Crippen LogP contribution in [-0.4, -0.2) is 45.9 Å². The summed E-state index contributed by atoms with van der Waals surface area (Å²) >= 11 is 3.59. The molecule has 0 spiro atoms. The van der Waals surface area contributed by atoms with Crippen molar-refractivity contribution < 1.29 is 4.74 Å². The molecule has 0 atom stereocenters. The predicted octanol–water partition coefficient (Wildman–Crippen LogP) is 3.13. The Morgan fingerprint density at radius 1 is 1.11 bits per heavy atom. The summed E-state index contributed by atoms with van der Waals surface area (Å²) in [5, 5.41) is 5.53. The highest BCUT2D eigenvalue weighted by atomic mass is 79.9. The van der Waals surface area contributed by atoms with E-state index in [0.717, 1.165) is 45.4 Å². The molecule has 2 N–H and O–H groups in total. The Hall–Kier alpha value is -2.71. The van der Waals surface area contributed by atoms with Crippen LogP contribution >= 0.6 is 15.9 Å². The summed E-state index contributed by atoms with van der Waals surface area (Å²) < 4.78 is 7.87. The largest absolute Gasteiger partial charge is 0.383 e. The van der Waals surface area contributed by atoms with E-state index in [4.69, 9.17) is 15.5 Å². The fourth-order valence-electron chi connectivity index (χ4n) is 3.39. The number of aromatic nitrogens is 4. The molecule has 0 amide bonds. The van der Waals surface area contributed by atoms with Gasteiger partial charge in [0.1, 0.15) is 16.1 Å². The average molecular weight is 425 g/mol. The zero-order chi connectivity index (χ0) is 18.4. The molecule has 0 radical (unpaired) electrons. The molecule has 1 aliphatic rings. The number of nitrogen functional groups attached to an aromatic ring is 1. The molecule has 0 unspecified atom stereocenters. The molecule has 4 heterocycles. The van der Waals surface area contributed by atoms with Crippen molar-refractivity contribution in [2.75, 3.05) is 36.9 Å². The number of nitrogens with zero attached hydrogens (tertiary/aromatic N) is 5. The first-order chi connectivity index (χ1) is 13.2. The van der Waals surface area contributed by atoms with Gasteiger partial charge in [0.05, 0.1) is 24.9 Å². The Kier molecular flexibility index (Phi) is 3.95. The Bertz CT molecular complexity index is 1150. The lowest BCUT2D eigenvalue weighted by Crippen LogP contribution is -2.37. The van der Waals surface area contributed by atoms with Crippen molar-refractivity contribution >= 4 is 44.1 Å². The summed E-state index contributed by atoms with van der Waals surface area (Å²) in [6.07, 6.45) is 3.65. The zero-order valence-corrected chi connectivity index (χ0v) is 16.1. The lowest BCUT2D eigenvalue weighted by molar-refractivity contribution is 0.122. The van der Waals surface area contributed by atoms with Gasteiger partial charge in [-0.05, 0) is 28.1 Å². The van der Waals surface area contributed by atoms with Crippen molar-refractivity contribution in [1.82, 2.24) is 19.6 Å². The van der Waals surface area contributed by atoms with Crippen molar-refractivity contribution in [2.24, 2.45) is 0 Å². The first-order valence-electron chi connectivity index (χ1n) is 8.73. The van der Waals surface area contributed by atoms with Crippen LogP contribution in [0, 0.1) is 0 Å². The highest BCUT2D eigenvalue weighted by Crippen LogP contribution is 2.34. The standard InChI is InChI=1S/C19H17BrN6O/c20-16-17(21)26-18(24-19(16)25-5-7-27-8-6-25)14(11-23-26)13-9-12-3-1-2-4-15(12)22-10-13/h1-4,9-11H,5-8,21H2. The van der Waals surface area contributed by atoms with Crippen molar-refractivity contribution in [3.63, 3.8) is 0 Å². The van der Waals surface area contributed by atoms with E-state index in [0.29, 0.717) is 24.7 Å². The Balaban J connectivity index is 1.69. The second-order valence-electron chi connectivity index (χ2n) is 6.44. The van der Waals surface area contributed by atoms with Gasteiger partial charge in [-0.15, -0.1) is 0 Å². The van der Waals surface area contributed by atoms with Crippen LogP contribution in [0.5, 0.6) is 0 Å². The topological polar surface area (TPSA) is 81.6 Å². The first-order valence-corrected chi connectivity index (χ1v) is 9.52. The molecule has 27 heavy (non-hydrogen) atoms. The Labute approximate surface area is 163 Å². The number of ether oxygens (including phenoxy) is 1. The van der Waals surface area contributed by atoms with Crippen LogP contribution in [0.4, 0.5) is 11.6 Å². The molecule has 1 saturated heterocycles. The van der Waals surface area contributed by atoms with Crippen LogP contribution in [0.15, 0.2) is 47.2 Å². The van der Waals surface area contributed by atoms with E-state index in [1.165, 1.54) is 0 Å². The number of halogens is 1. The van der Waals surface area contributed by atoms with Crippen molar-refractivity contribution in [2.45, 2.75) is 0 Å². The maximum Gasteiger partial charge on any atom is 0.167 e. The van der Waals surface area contributed by atoms with Gasteiger partial charge in [0, 0.05) is 35.8 Å². The molecule has 7 nitrogen and oxygen atoms in total. The van der Waals surface area contributed by atoms with E-state index >= 15 is 0 Å². The van der Waals surface area contributed by atoms with Crippen LogP contribution in [0.1, 0.15) is 0 Å².